The summed E-state index contributed by atoms with van der Waals surface area (Å²) >= 11 is 0. The standard InChI is InChI=1S/C18H37NO4/c1-2-3-4-5-6-7-8-9-10-11-12-15(20)13-14-16(21)17(19)18(22)23/h13-18,20-23H,2-12,19H2,1H3/b14-13+/t15?,16-,17-/m1/s1. The van der Waals surface area contributed by atoms with E-state index in [0.717, 1.165) is 12.8 Å². The zero-order chi connectivity index (χ0) is 17.5. The molecule has 138 valence electrons. The Morgan fingerprint density at radius 1 is 0.739 bits per heavy atom. The molecule has 0 amide bonds. The van der Waals surface area contributed by atoms with Crippen LogP contribution in [0.15, 0.2) is 12.2 Å². The van der Waals surface area contributed by atoms with Gasteiger partial charge in [0.15, 0.2) is 6.29 Å². The number of aliphatic hydroxyl groups is 4. The Morgan fingerprint density at radius 3 is 1.70 bits per heavy atom. The van der Waals surface area contributed by atoms with Crippen molar-refractivity contribution in [3.8, 4) is 0 Å². The van der Waals surface area contributed by atoms with E-state index in [-0.39, 0.29) is 0 Å². The molecule has 23 heavy (non-hydrogen) atoms. The van der Waals surface area contributed by atoms with Crippen molar-refractivity contribution < 1.29 is 20.4 Å². The van der Waals surface area contributed by atoms with E-state index in [2.05, 4.69) is 6.92 Å². The molecule has 1 unspecified atom stereocenters. The average Bonchev–Trinajstić information content (AvgIpc) is 2.53. The minimum atomic E-state index is -1.77. The largest absolute Gasteiger partial charge is 0.389 e. The van der Waals surface area contributed by atoms with Crippen molar-refractivity contribution in [3.05, 3.63) is 12.2 Å². The predicted molar refractivity (Wildman–Crippen MR) is 93.8 cm³/mol. The van der Waals surface area contributed by atoms with Crippen molar-refractivity contribution in [2.24, 2.45) is 5.73 Å². The van der Waals surface area contributed by atoms with Gasteiger partial charge in [0, 0.05) is 0 Å². The molecule has 0 aromatic heterocycles. The van der Waals surface area contributed by atoms with Gasteiger partial charge < -0.3 is 26.2 Å². The van der Waals surface area contributed by atoms with E-state index in [0.29, 0.717) is 6.42 Å². The highest BCUT2D eigenvalue weighted by Gasteiger charge is 2.18. The lowest BCUT2D eigenvalue weighted by molar-refractivity contribution is -0.0784. The van der Waals surface area contributed by atoms with Gasteiger partial charge in [-0.25, -0.2) is 0 Å². The van der Waals surface area contributed by atoms with E-state index in [4.69, 9.17) is 15.9 Å². The van der Waals surface area contributed by atoms with Crippen LogP contribution >= 0.6 is 0 Å². The fourth-order valence-electron chi connectivity index (χ4n) is 2.48. The molecule has 3 atom stereocenters. The molecule has 0 aromatic rings. The molecule has 0 saturated carbocycles. The van der Waals surface area contributed by atoms with Gasteiger partial charge >= 0.3 is 0 Å². The van der Waals surface area contributed by atoms with Crippen LogP contribution in [0.4, 0.5) is 0 Å². The topological polar surface area (TPSA) is 107 Å². The zero-order valence-corrected chi connectivity index (χ0v) is 14.6. The number of unbranched alkanes of at least 4 members (excludes halogenated alkanes) is 9. The fourth-order valence-corrected chi connectivity index (χ4v) is 2.48. The maximum absolute atomic E-state index is 9.78. The van der Waals surface area contributed by atoms with E-state index < -0.39 is 24.5 Å². The lowest BCUT2D eigenvalue weighted by atomic mass is 10.0. The van der Waals surface area contributed by atoms with E-state index >= 15 is 0 Å². The first-order valence-electron chi connectivity index (χ1n) is 9.15. The third kappa shape index (κ3) is 13.7. The van der Waals surface area contributed by atoms with Crippen LogP contribution < -0.4 is 5.73 Å². The molecule has 0 aliphatic rings. The van der Waals surface area contributed by atoms with Gasteiger partial charge in [0.05, 0.1) is 18.2 Å². The first-order valence-corrected chi connectivity index (χ1v) is 9.15. The highest BCUT2D eigenvalue weighted by molar-refractivity contribution is 4.97. The Labute approximate surface area is 141 Å². The average molecular weight is 331 g/mol. The molecule has 0 radical (unpaired) electrons. The molecule has 5 heteroatoms. The van der Waals surface area contributed by atoms with Crippen molar-refractivity contribution in [2.75, 3.05) is 0 Å². The molecule has 5 nitrogen and oxygen atoms in total. The first kappa shape index (κ1) is 22.5. The minimum absolute atomic E-state index is 0.623. The Morgan fingerprint density at radius 2 is 1.22 bits per heavy atom. The molecule has 0 aromatic carbocycles. The van der Waals surface area contributed by atoms with Gasteiger partial charge in [0.25, 0.3) is 0 Å². The normalized spacial score (nSPS) is 16.1. The highest BCUT2D eigenvalue weighted by Crippen LogP contribution is 2.12. The molecule has 0 saturated heterocycles. The SMILES string of the molecule is CCCCCCCCCCCCC(O)/C=C/[C@@H](O)[C@@H](N)C(O)O. The summed E-state index contributed by atoms with van der Waals surface area (Å²) in [4.78, 5) is 0. The van der Waals surface area contributed by atoms with Crippen LogP contribution in [0.25, 0.3) is 0 Å². The Hall–Kier alpha value is -0.460. The number of rotatable bonds is 15. The molecule has 6 N–H and O–H groups in total. The molecule has 0 bridgehead atoms. The van der Waals surface area contributed by atoms with Gasteiger partial charge in [-0.15, -0.1) is 0 Å². The second kappa shape index (κ2) is 15.1. The summed E-state index contributed by atoms with van der Waals surface area (Å²) in [5, 5.41) is 37.0. The van der Waals surface area contributed by atoms with Crippen LogP contribution in [-0.2, 0) is 0 Å². The third-order valence-corrected chi connectivity index (χ3v) is 4.12. The number of aliphatic hydroxyl groups excluding tert-OH is 3. The monoisotopic (exact) mass is 331 g/mol. The number of nitrogens with two attached hydrogens (primary N) is 1. The van der Waals surface area contributed by atoms with Gasteiger partial charge in [-0.05, 0) is 6.42 Å². The van der Waals surface area contributed by atoms with Crippen LogP contribution in [-0.4, -0.2) is 45.0 Å². The summed E-state index contributed by atoms with van der Waals surface area (Å²) in [6.07, 6.45) is 12.4. The van der Waals surface area contributed by atoms with E-state index in [1.165, 1.54) is 63.5 Å². The summed E-state index contributed by atoms with van der Waals surface area (Å²) in [5.41, 5.74) is 5.37. The third-order valence-electron chi connectivity index (χ3n) is 4.12. The van der Waals surface area contributed by atoms with Crippen molar-refractivity contribution in [1.29, 1.82) is 0 Å². The van der Waals surface area contributed by atoms with Gasteiger partial charge in [0.1, 0.15) is 0 Å². The molecule has 0 aliphatic heterocycles. The molecule has 0 rings (SSSR count). The summed E-state index contributed by atoms with van der Waals surface area (Å²) in [6, 6.07) is -1.16. The van der Waals surface area contributed by atoms with Gasteiger partial charge in [-0.3, -0.25) is 0 Å². The van der Waals surface area contributed by atoms with E-state index in [9.17, 15) is 10.2 Å². The predicted octanol–water partition coefficient (Wildman–Crippen LogP) is 2.21. The summed E-state index contributed by atoms with van der Waals surface area (Å²) < 4.78 is 0. The van der Waals surface area contributed by atoms with Crippen molar-refractivity contribution >= 4 is 0 Å². The molecule has 0 fully saturated rings. The first-order chi connectivity index (χ1) is 11.0. The Kier molecular flexibility index (Phi) is 14.8. The highest BCUT2D eigenvalue weighted by atomic mass is 16.5. The maximum atomic E-state index is 9.78. The van der Waals surface area contributed by atoms with E-state index in [1.54, 1.807) is 0 Å². The van der Waals surface area contributed by atoms with Gasteiger partial charge in [0.2, 0.25) is 0 Å². The number of hydrogen-bond acceptors (Lipinski definition) is 5. The zero-order valence-electron chi connectivity index (χ0n) is 14.6. The lowest BCUT2D eigenvalue weighted by Crippen LogP contribution is -2.43. The van der Waals surface area contributed by atoms with Crippen LogP contribution in [0.3, 0.4) is 0 Å². The van der Waals surface area contributed by atoms with Crippen molar-refractivity contribution in [1.82, 2.24) is 0 Å². The fraction of sp³-hybridized carbons (Fsp3) is 0.889. The van der Waals surface area contributed by atoms with Crippen molar-refractivity contribution in [2.45, 2.75) is 102 Å². The maximum Gasteiger partial charge on any atom is 0.169 e. The molecule has 0 heterocycles. The quantitative estimate of drug-likeness (QED) is 0.180. The second-order valence-electron chi connectivity index (χ2n) is 6.40. The second-order valence-corrected chi connectivity index (χ2v) is 6.40. The van der Waals surface area contributed by atoms with Gasteiger partial charge in [-0.2, -0.15) is 0 Å². The summed E-state index contributed by atoms with van der Waals surface area (Å²) in [6.45, 7) is 2.23. The van der Waals surface area contributed by atoms with Crippen LogP contribution in [0.1, 0.15) is 77.6 Å². The van der Waals surface area contributed by atoms with Crippen LogP contribution in [0.2, 0.25) is 0 Å². The molecular weight excluding hydrogens is 294 g/mol. The smallest absolute Gasteiger partial charge is 0.169 e. The van der Waals surface area contributed by atoms with Gasteiger partial charge in [-0.1, -0.05) is 83.3 Å². The Balaban J connectivity index is 3.51. The van der Waals surface area contributed by atoms with Crippen LogP contribution in [0, 0.1) is 0 Å². The Bertz CT molecular complexity index is 284. The van der Waals surface area contributed by atoms with Crippen molar-refractivity contribution in [3.63, 3.8) is 0 Å². The molecule has 0 aliphatic carbocycles. The van der Waals surface area contributed by atoms with E-state index in [1.807, 2.05) is 0 Å². The molecule has 0 spiro atoms. The lowest BCUT2D eigenvalue weighted by Gasteiger charge is -2.17. The number of hydrogen-bond donors (Lipinski definition) is 5. The van der Waals surface area contributed by atoms with Crippen LogP contribution in [0.5, 0.6) is 0 Å². The minimum Gasteiger partial charge on any atom is -0.389 e. The summed E-state index contributed by atoms with van der Waals surface area (Å²) in [5.74, 6) is 0. The molecular formula is C18H37NO4. The summed E-state index contributed by atoms with van der Waals surface area (Å²) in [7, 11) is 0.